The van der Waals surface area contributed by atoms with Gasteiger partial charge in [0.15, 0.2) is 0 Å². The summed E-state index contributed by atoms with van der Waals surface area (Å²) < 4.78 is 34.2. The molecule has 1 aromatic carbocycles. The monoisotopic (exact) mass is 285 g/mol. The molecule has 1 unspecified atom stereocenters. The van der Waals surface area contributed by atoms with Gasteiger partial charge in [-0.3, -0.25) is 0 Å². The summed E-state index contributed by atoms with van der Waals surface area (Å²) in [6.45, 7) is 5.50. The molecule has 0 radical (unpaired) electrons. The van der Waals surface area contributed by atoms with Crippen LogP contribution in [-0.4, -0.2) is 28.2 Å². The number of aryl methyl sites for hydroxylation is 2. The zero-order valence-corrected chi connectivity index (χ0v) is 12.0. The first-order valence-corrected chi connectivity index (χ1v) is 7.77. The van der Waals surface area contributed by atoms with Crippen LogP contribution in [0.5, 0.6) is 5.75 Å². The molecular weight excluding hydrogens is 266 g/mol. The van der Waals surface area contributed by atoms with Crippen molar-refractivity contribution >= 4 is 10.0 Å². The van der Waals surface area contributed by atoms with Gasteiger partial charge in [0.05, 0.1) is 13.2 Å². The third-order valence-corrected chi connectivity index (χ3v) is 4.10. The number of rotatable bonds is 4. The Morgan fingerprint density at radius 2 is 2.16 bits per heavy atom. The normalized spacial score (nSPS) is 19.6. The van der Waals surface area contributed by atoms with Crippen molar-refractivity contribution in [1.82, 2.24) is 0 Å². The average molecular weight is 285 g/mol. The van der Waals surface area contributed by atoms with E-state index in [0.29, 0.717) is 24.9 Å². The SMILES string of the molecule is Cc1cc(C)c(OCC2CCOC2)c(S(N)(=O)=O)c1. The quantitative estimate of drug-likeness (QED) is 0.906. The van der Waals surface area contributed by atoms with Gasteiger partial charge in [-0.05, 0) is 37.5 Å². The molecule has 106 valence electrons. The van der Waals surface area contributed by atoms with E-state index in [1.54, 1.807) is 6.07 Å². The van der Waals surface area contributed by atoms with Crippen LogP contribution in [0, 0.1) is 19.8 Å². The summed E-state index contributed by atoms with van der Waals surface area (Å²) in [5.74, 6) is 0.675. The fraction of sp³-hybridized carbons (Fsp3) is 0.538. The number of nitrogens with two attached hydrogens (primary N) is 1. The van der Waals surface area contributed by atoms with Gasteiger partial charge in [-0.2, -0.15) is 0 Å². The molecule has 0 amide bonds. The van der Waals surface area contributed by atoms with Crippen LogP contribution < -0.4 is 9.88 Å². The Kier molecular flexibility index (Phi) is 4.13. The molecule has 1 atom stereocenters. The van der Waals surface area contributed by atoms with Crippen LogP contribution in [0.25, 0.3) is 0 Å². The summed E-state index contributed by atoms with van der Waals surface area (Å²) in [6.07, 6.45) is 0.940. The molecule has 19 heavy (non-hydrogen) atoms. The fourth-order valence-corrected chi connectivity index (χ4v) is 3.06. The molecule has 2 rings (SSSR count). The minimum Gasteiger partial charge on any atom is -0.492 e. The van der Waals surface area contributed by atoms with Crippen molar-refractivity contribution in [3.8, 4) is 5.75 Å². The Balaban J connectivity index is 2.27. The summed E-state index contributed by atoms with van der Waals surface area (Å²) in [5.41, 5.74) is 1.63. The third-order valence-electron chi connectivity index (χ3n) is 3.18. The van der Waals surface area contributed by atoms with Gasteiger partial charge in [0.2, 0.25) is 10.0 Å². The van der Waals surface area contributed by atoms with Crippen LogP contribution in [0.3, 0.4) is 0 Å². The van der Waals surface area contributed by atoms with E-state index in [2.05, 4.69) is 0 Å². The van der Waals surface area contributed by atoms with Crippen molar-refractivity contribution in [2.24, 2.45) is 11.1 Å². The Morgan fingerprint density at radius 3 is 2.74 bits per heavy atom. The summed E-state index contributed by atoms with van der Waals surface area (Å²) in [5, 5.41) is 5.25. The Hall–Kier alpha value is -1.11. The number of hydrogen-bond donors (Lipinski definition) is 1. The van der Waals surface area contributed by atoms with Gasteiger partial charge in [-0.1, -0.05) is 6.07 Å². The van der Waals surface area contributed by atoms with Gasteiger partial charge in [0.1, 0.15) is 10.6 Å². The summed E-state index contributed by atoms with van der Waals surface area (Å²) in [6, 6.07) is 3.43. The molecule has 2 N–H and O–H groups in total. The molecule has 1 aliphatic heterocycles. The standard InChI is InChI=1S/C13H19NO4S/c1-9-5-10(2)13(12(6-9)19(14,15)16)18-8-11-3-4-17-7-11/h5-6,11H,3-4,7-8H2,1-2H3,(H2,14,15,16). The first-order valence-electron chi connectivity index (χ1n) is 6.22. The summed E-state index contributed by atoms with van der Waals surface area (Å²) in [4.78, 5) is 0.0592. The van der Waals surface area contributed by atoms with Crippen molar-refractivity contribution in [3.05, 3.63) is 23.3 Å². The van der Waals surface area contributed by atoms with Crippen molar-refractivity contribution in [3.63, 3.8) is 0 Å². The second kappa shape index (κ2) is 5.48. The van der Waals surface area contributed by atoms with Crippen molar-refractivity contribution in [1.29, 1.82) is 0 Å². The zero-order valence-electron chi connectivity index (χ0n) is 11.2. The van der Waals surface area contributed by atoms with Crippen LogP contribution in [0.4, 0.5) is 0 Å². The first kappa shape index (κ1) is 14.3. The number of sulfonamides is 1. The van der Waals surface area contributed by atoms with E-state index in [0.717, 1.165) is 24.2 Å². The average Bonchev–Trinajstić information content (AvgIpc) is 2.78. The van der Waals surface area contributed by atoms with Gasteiger partial charge in [-0.15, -0.1) is 0 Å². The van der Waals surface area contributed by atoms with E-state index in [1.165, 1.54) is 0 Å². The molecule has 0 aliphatic carbocycles. The van der Waals surface area contributed by atoms with E-state index >= 15 is 0 Å². The second-order valence-corrected chi connectivity index (χ2v) is 6.52. The van der Waals surface area contributed by atoms with Gasteiger partial charge in [0, 0.05) is 12.5 Å². The van der Waals surface area contributed by atoms with Crippen LogP contribution in [0.2, 0.25) is 0 Å². The maximum absolute atomic E-state index is 11.6. The molecule has 5 nitrogen and oxygen atoms in total. The molecule has 1 fully saturated rings. The number of hydrogen-bond acceptors (Lipinski definition) is 4. The highest BCUT2D eigenvalue weighted by Crippen LogP contribution is 2.29. The highest BCUT2D eigenvalue weighted by Gasteiger charge is 2.21. The highest BCUT2D eigenvalue weighted by molar-refractivity contribution is 7.89. The summed E-state index contributed by atoms with van der Waals surface area (Å²) >= 11 is 0. The number of benzene rings is 1. The molecule has 1 aromatic rings. The molecule has 1 saturated heterocycles. The van der Waals surface area contributed by atoms with Crippen LogP contribution in [0.15, 0.2) is 17.0 Å². The van der Waals surface area contributed by atoms with E-state index < -0.39 is 10.0 Å². The molecular formula is C13H19NO4S. The highest BCUT2D eigenvalue weighted by atomic mass is 32.2. The number of ether oxygens (including phenoxy) is 2. The lowest BCUT2D eigenvalue weighted by Crippen LogP contribution is -2.18. The van der Waals surface area contributed by atoms with Gasteiger partial charge in [-0.25, -0.2) is 13.6 Å². The van der Waals surface area contributed by atoms with Gasteiger partial charge in [0.25, 0.3) is 0 Å². The Bertz CT molecular complexity index is 562. The maximum atomic E-state index is 11.6. The second-order valence-electron chi connectivity index (χ2n) is 4.99. The third kappa shape index (κ3) is 3.46. The maximum Gasteiger partial charge on any atom is 0.241 e. The van der Waals surface area contributed by atoms with Crippen molar-refractivity contribution < 1.29 is 17.9 Å². The lowest BCUT2D eigenvalue weighted by Gasteiger charge is -2.16. The van der Waals surface area contributed by atoms with Crippen LogP contribution >= 0.6 is 0 Å². The van der Waals surface area contributed by atoms with E-state index in [-0.39, 0.29) is 4.90 Å². The minimum atomic E-state index is -3.78. The molecule has 0 spiro atoms. The molecule has 6 heteroatoms. The van der Waals surface area contributed by atoms with E-state index in [9.17, 15) is 8.42 Å². The molecule has 1 aliphatic rings. The minimum absolute atomic E-state index is 0.0592. The topological polar surface area (TPSA) is 78.6 Å². The smallest absolute Gasteiger partial charge is 0.241 e. The predicted molar refractivity (Wildman–Crippen MR) is 71.7 cm³/mol. The zero-order chi connectivity index (χ0) is 14.0. The van der Waals surface area contributed by atoms with Crippen molar-refractivity contribution in [2.75, 3.05) is 19.8 Å². The fourth-order valence-electron chi connectivity index (χ4n) is 2.23. The predicted octanol–water partition coefficient (Wildman–Crippen LogP) is 1.37. The van der Waals surface area contributed by atoms with Crippen molar-refractivity contribution in [2.45, 2.75) is 25.2 Å². The van der Waals surface area contributed by atoms with Gasteiger partial charge < -0.3 is 9.47 Å². The molecule has 0 aromatic heterocycles. The summed E-state index contributed by atoms with van der Waals surface area (Å²) in [7, 11) is -3.78. The molecule has 0 saturated carbocycles. The molecule has 1 heterocycles. The van der Waals surface area contributed by atoms with Crippen LogP contribution in [-0.2, 0) is 14.8 Å². The largest absolute Gasteiger partial charge is 0.492 e. The van der Waals surface area contributed by atoms with Crippen LogP contribution in [0.1, 0.15) is 17.5 Å². The molecule has 0 bridgehead atoms. The van der Waals surface area contributed by atoms with Gasteiger partial charge >= 0.3 is 0 Å². The lowest BCUT2D eigenvalue weighted by molar-refractivity contribution is 0.166. The number of primary sulfonamides is 1. The first-order chi connectivity index (χ1) is 8.88. The lowest BCUT2D eigenvalue weighted by atomic mass is 10.1. The van der Waals surface area contributed by atoms with E-state index in [1.807, 2.05) is 19.9 Å². The Labute approximate surface area is 113 Å². The Morgan fingerprint density at radius 1 is 1.42 bits per heavy atom. The van der Waals surface area contributed by atoms with E-state index in [4.69, 9.17) is 14.6 Å².